The minimum absolute atomic E-state index is 0.156. The van der Waals surface area contributed by atoms with Crippen LogP contribution < -0.4 is 0 Å². The summed E-state index contributed by atoms with van der Waals surface area (Å²) in [6, 6.07) is 74.8. The van der Waals surface area contributed by atoms with E-state index in [1.54, 1.807) is 0 Å². The Hall–Kier alpha value is -8.13. The normalized spacial score (nSPS) is 13.5. The zero-order valence-corrected chi connectivity index (χ0v) is 32.4. The summed E-state index contributed by atoms with van der Waals surface area (Å²) in [4.78, 5) is 0. The second kappa shape index (κ2) is 12.4. The van der Waals surface area contributed by atoms with Crippen LogP contribution >= 0.6 is 0 Å². The number of nitriles is 1. The molecular weight excluding hydrogens is 729 g/mol. The fraction of sp³-hybridized carbons (Fsp3) is 0.0179. The second-order valence-electron chi connectivity index (χ2n) is 15.9. The van der Waals surface area contributed by atoms with E-state index < -0.39 is 0 Å². The van der Waals surface area contributed by atoms with Crippen LogP contribution in [0, 0.1) is 11.3 Å². The zero-order valence-electron chi connectivity index (χ0n) is 32.4. The average molecular weight is 763 g/mol. The third-order valence-electron chi connectivity index (χ3n) is 12.9. The predicted octanol–water partition coefficient (Wildman–Crippen LogP) is 14.0. The number of rotatable bonds is 4. The van der Waals surface area contributed by atoms with Gasteiger partial charge in [-0.15, -0.1) is 0 Å². The molecular formula is C56H34N4. The molecule has 4 nitrogen and oxygen atoms in total. The van der Waals surface area contributed by atoms with Crippen molar-refractivity contribution in [1.82, 2.24) is 13.7 Å². The van der Waals surface area contributed by atoms with Gasteiger partial charge in [0.2, 0.25) is 0 Å². The molecule has 1 aliphatic rings. The highest BCUT2D eigenvalue weighted by atomic mass is 15.0. The highest BCUT2D eigenvalue weighted by molar-refractivity contribution is 6.26. The maximum atomic E-state index is 10.8. The maximum Gasteiger partial charge on any atom is 0.0995 e. The molecule has 4 heteroatoms. The van der Waals surface area contributed by atoms with Gasteiger partial charge in [-0.1, -0.05) is 127 Å². The first-order chi connectivity index (χ1) is 29.8. The van der Waals surface area contributed by atoms with Gasteiger partial charge in [0.25, 0.3) is 0 Å². The Balaban J connectivity index is 1.17. The third-order valence-corrected chi connectivity index (χ3v) is 12.9. The van der Waals surface area contributed by atoms with Crippen molar-refractivity contribution in [2.45, 2.75) is 5.92 Å². The lowest BCUT2D eigenvalue weighted by atomic mass is 9.86. The fourth-order valence-electron chi connectivity index (χ4n) is 10.6. The van der Waals surface area contributed by atoms with Crippen molar-refractivity contribution >= 4 is 65.4 Å². The molecule has 0 fully saturated rings. The molecule has 1 atom stereocenters. The summed E-state index contributed by atoms with van der Waals surface area (Å²) >= 11 is 0. The van der Waals surface area contributed by atoms with E-state index in [2.05, 4.69) is 208 Å². The van der Waals surface area contributed by atoms with Crippen LogP contribution in [0.15, 0.2) is 200 Å². The van der Waals surface area contributed by atoms with E-state index in [1.165, 1.54) is 71.1 Å². The Bertz CT molecular complexity index is 3770. The van der Waals surface area contributed by atoms with Gasteiger partial charge in [-0.05, 0) is 95.1 Å². The van der Waals surface area contributed by atoms with Gasteiger partial charge in [-0.25, -0.2) is 0 Å². The summed E-state index contributed by atoms with van der Waals surface area (Å²) in [5.74, 6) is -0.156. The van der Waals surface area contributed by atoms with Crippen molar-refractivity contribution < 1.29 is 0 Å². The van der Waals surface area contributed by atoms with Crippen LogP contribution in [0.3, 0.4) is 0 Å². The van der Waals surface area contributed by atoms with Crippen molar-refractivity contribution in [1.29, 1.82) is 5.26 Å². The zero-order chi connectivity index (χ0) is 39.5. The number of fused-ring (bicyclic) bond motifs is 14. The molecule has 9 aromatic carbocycles. The highest BCUT2D eigenvalue weighted by Gasteiger charge is 2.36. The van der Waals surface area contributed by atoms with E-state index in [0.717, 1.165) is 39.2 Å². The molecule has 0 amide bonds. The lowest BCUT2D eigenvalue weighted by molar-refractivity contribution is 1.01. The standard InChI is InChI=1S/C56H34N4/c57-34-36-15-14-24-44-52(36)51(45-29-28-42-40-22-10-12-25-47(40)59(55(42)53(44)45)38-18-6-2-7-19-38)35-27-31-49-46(33-35)54-50(58(49)37-16-4-1-5-17-37)32-30-43-41-23-11-13-26-48(41)60(56(43)54)39-20-8-3-9-21-39/h1-33,51H. The lowest BCUT2D eigenvalue weighted by Crippen LogP contribution is -2.02. The molecule has 0 N–H and O–H groups in total. The SMILES string of the molecule is N#Cc1cccc2c1C(c1ccc3c(c1)c1c(ccc4c5ccccc5n(-c5ccccc5)c41)n3-c1ccccc1)c1ccc3c4ccccc4n(-c4ccccc4)c3c1-2. The maximum absolute atomic E-state index is 10.8. The monoisotopic (exact) mass is 762 g/mol. The number of nitrogens with zero attached hydrogens (tertiary/aromatic N) is 4. The van der Waals surface area contributed by atoms with Gasteiger partial charge in [0.1, 0.15) is 0 Å². The molecule has 0 saturated heterocycles. The molecule has 13 rings (SSSR count). The van der Waals surface area contributed by atoms with Gasteiger partial charge in [-0.2, -0.15) is 5.26 Å². The first-order valence-corrected chi connectivity index (χ1v) is 20.5. The van der Waals surface area contributed by atoms with Crippen molar-refractivity contribution in [3.63, 3.8) is 0 Å². The van der Waals surface area contributed by atoms with Crippen molar-refractivity contribution in [2.24, 2.45) is 0 Å². The number of benzene rings is 9. The molecule has 0 radical (unpaired) electrons. The van der Waals surface area contributed by atoms with E-state index in [1.807, 2.05) is 12.1 Å². The fourth-order valence-corrected chi connectivity index (χ4v) is 10.6. The van der Waals surface area contributed by atoms with Gasteiger partial charge in [0.15, 0.2) is 0 Å². The van der Waals surface area contributed by atoms with Crippen LogP contribution in [0.25, 0.3) is 93.6 Å². The molecule has 1 aliphatic carbocycles. The van der Waals surface area contributed by atoms with Gasteiger partial charge in [0, 0.05) is 60.9 Å². The summed E-state index contributed by atoms with van der Waals surface area (Å²) in [7, 11) is 0. The number of aromatic nitrogens is 3. The van der Waals surface area contributed by atoms with E-state index in [9.17, 15) is 5.26 Å². The predicted molar refractivity (Wildman–Crippen MR) is 247 cm³/mol. The Kier molecular flexibility index (Phi) is 6.82. The molecule has 3 heterocycles. The van der Waals surface area contributed by atoms with Crippen LogP contribution in [0.2, 0.25) is 0 Å². The van der Waals surface area contributed by atoms with Crippen molar-refractivity contribution in [3.05, 3.63) is 222 Å². The Morgan fingerprint density at radius 1 is 0.400 bits per heavy atom. The molecule has 0 bridgehead atoms. The molecule has 3 aromatic heterocycles. The smallest absolute Gasteiger partial charge is 0.0995 e. The summed E-state index contributed by atoms with van der Waals surface area (Å²) in [6.45, 7) is 0. The van der Waals surface area contributed by atoms with Gasteiger partial charge < -0.3 is 13.7 Å². The molecule has 0 aliphatic heterocycles. The number of para-hydroxylation sites is 5. The summed E-state index contributed by atoms with van der Waals surface area (Å²) in [6.07, 6.45) is 0. The number of hydrogen-bond acceptors (Lipinski definition) is 1. The molecule has 0 saturated carbocycles. The van der Waals surface area contributed by atoms with E-state index in [-0.39, 0.29) is 5.92 Å². The summed E-state index contributed by atoms with van der Waals surface area (Å²) in [5.41, 5.74) is 16.9. The Morgan fingerprint density at radius 3 is 1.58 bits per heavy atom. The van der Waals surface area contributed by atoms with Crippen LogP contribution in [0.1, 0.15) is 28.2 Å². The molecule has 1 unspecified atom stereocenters. The summed E-state index contributed by atoms with van der Waals surface area (Å²) in [5, 5.41) is 18.1. The van der Waals surface area contributed by atoms with Gasteiger partial charge >= 0.3 is 0 Å². The molecule has 278 valence electrons. The van der Waals surface area contributed by atoms with Crippen LogP contribution in [0.4, 0.5) is 0 Å². The van der Waals surface area contributed by atoms with Gasteiger partial charge in [-0.3, -0.25) is 0 Å². The first-order valence-electron chi connectivity index (χ1n) is 20.5. The minimum atomic E-state index is -0.156. The van der Waals surface area contributed by atoms with E-state index in [4.69, 9.17) is 0 Å². The van der Waals surface area contributed by atoms with Crippen LogP contribution in [0.5, 0.6) is 0 Å². The average Bonchev–Trinajstić information content (AvgIpc) is 4.04. The van der Waals surface area contributed by atoms with Gasteiger partial charge in [0.05, 0.1) is 44.7 Å². The topological polar surface area (TPSA) is 38.6 Å². The molecule has 12 aromatic rings. The lowest BCUT2D eigenvalue weighted by Gasteiger charge is -2.17. The minimum Gasteiger partial charge on any atom is -0.309 e. The Labute approximate surface area is 345 Å². The molecule has 60 heavy (non-hydrogen) atoms. The number of hydrogen-bond donors (Lipinski definition) is 0. The Morgan fingerprint density at radius 2 is 0.933 bits per heavy atom. The second-order valence-corrected chi connectivity index (χ2v) is 15.9. The summed E-state index contributed by atoms with van der Waals surface area (Å²) < 4.78 is 7.28. The largest absolute Gasteiger partial charge is 0.309 e. The quantitative estimate of drug-likeness (QED) is 0.176. The first kappa shape index (κ1) is 32.9. The van der Waals surface area contributed by atoms with Crippen molar-refractivity contribution in [2.75, 3.05) is 0 Å². The van der Waals surface area contributed by atoms with Crippen LogP contribution in [-0.2, 0) is 0 Å². The van der Waals surface area contributed by atoms with E-state index >= 15 is 0 Å². The molecule has 0 spiro atoms. The van der Waals surface area contributed by atoms with Crippen LogP contribution in [-0.4, -0.2) is 13.7 Å². The highest BCUT2D eigenvalue weighted by Crippen LogP contribution is 2.54. The van der Waals surface area contributed by atoms with Crippen molar-refractivity contribution in [3.8, 4) is 34.3 Å². The van der Waals surface area contributed by atoms with E-state index in [0.29, 0.717) is 5.56 Å². The third kappa shape index (κ3) is 4.38.